The minimum atomic E-state index is 0. The molecule has 3 radical (unpaired) electrons. The second-order valence-corrected chi connectivity index (χ2v) is 6.10. The molecule has 2 heteroatoms. The van der Waals surface area contributed by atoms with Crippen LogP contribution in [0.2, 0.25) is 0 Å². The molecule has 0 spiro atoms. The Balaban J connectivity index is 0.000000720. The first-order chi connectivity index (χ1) is 5.45. The molecule has 67 valence electrons. The van der Waals surface area contributed by atoms with Gasteiger partial charge in [0.1, 0.15) is 0 Å². The molecule has 12 heavy (non-hydrogen) atoms. The van der Waals surface area contributed by atoms with Crippen LogP contribution in [0.3, 0.4) is 0 Å². The van der Waals surface area contributed by atoms with E-state index in [-0.39, 0.29) is 8.41 Å². The maximum atomic E-state index is 1.56. The maximum Gasteiger partial charge on any atom is 0 e. The van der Waals surface area contributed by atoms with Crippen LogP contribution in [0, 0.1) is 0 Å². The molecule has 0 aliphatic heterocycles. The molecule has 0 aromatic carbocycles. The smallest absolute Gasteiger partial charge is 0 e. The van der Waals surface area contributed by atoms with Gasteiger partial charge in [0.2, 0.25) is 0 Å². The molecule has 0 atom stereocenters. The Labute approximate surface area is 80.2 Å². The molecule has 0 nitrogen and oxygen atoms in total. The van der Waals surface area contributed by atoms with Crippen LogP contribution in [-0.4, -0.2) is 19.7 Å². The van der Waals surface area contributed by atoms with Gasteiger partial charge in [-0.15, -0.1) is 8.58 Å². The van der Waals surface area contributed by atoms with Gasteiger partial charge in [0.05, 0.1) is 0 Å². The van der Waals surface area contributed by atoms with Crippen molar-refractivity contribution >= 4 is 17.0 Å². The van der Waals surface area contributed by atoms with Crippen molar-refractivity contribution in [3.05, 3.63) is 0 Å². The first kappa shape index (κ1) is 10.6. The van der Waals surface area contributed by atoms with E-state index >= 15 is 0 Å². The molecule has 0 amide bonds. The predicted molar refractivity (Wildman–Crippen MR) is 58.6 cm³/mol. The summed E-state index contributed by atoms with van der Waals surface area (Å²) in [6, 6.07) is 0. The zero-order valence-corrected chi connectivity index (χ0v) is 8.89. The summed E-state index contributed by atoms with van der Waals surface area (Å²) in [5.41, 5.74) is 2.33. The lowest BCUT2D eigenvalue weighted by atomic mass is 10.4. The SMILES string of the molecule is C1CCC(PC2CCCC2)C1.[B]. The Morgan fingerprint density at radius 1 is 0.667 bits per heavy atom. The largest absolute Gasteiger partial charge is 0.116 e. The van der Waals surface area contributed by atoms with Crippen LogP contribution < -0.4 is 0 Å². The Morgan fingerprint density at radius 2 is 1.00 bits per heavy atom. The highest BCUT2D eigenvalue weighted by Gasteiger charge is 2.21. The lowest BCUT2D eigenvalue weighted by Gasteiger charge is -2.14. The molecule has 0 heterocycles. The van der Waals surface area contributed by atoms with Crippen LogP contribution in [0.1, 0.15) is 51.4 Å². The monoisotopic (exact) mass is 181 g/mol. The summed E-state index contributed by atoms with van der Waals surface area (Å²) < 4.78 is 0. The van der Waals surface area contributed by atoms with E-state index in [1.165, 1.54) is 34.3 Å². The summed E-state index contributed by atoms with van der Waals surface area (Å²) in [4.78, 5) is 0. The highest BCUT2D eigenvalue weighted by molar-refractivity contribution is 7.39. The van der Waals surface area contributed by atoms with Gasteiger partial charge < -0.3 is 0 Å². The van der Waals surface area contributed by atoms with Crippen molar-refractivity contribution < 1.29 is 0 Å². The van der Waals surface area contributed by atoms with Gasteiger partial charge >= 0.3 is 0 Å². The van der Waals surface area contributed by atoms with Crippen LogP contribution >= 0.6 is 8.58 Å². The molecule has 2 saturated carbocycles. The first-order valence-electron chi connectivity index (χ1n) is 5.21. The number of hydrogen-bond acceptors (Lipinski definition) is 0. The summed E-state index contributed by atoms with van der Waals surface area (Å²) in [6.07, 6.45) is 12.4. The van der Waals surface area contributed by atoms with Crippen LogP contribution in [0.25, 0.3) is 0 Å². The summed E-state index contributed by atoms with van der Waals surface area (Å²) >= 11 is 0. The average molecular weight is 181 g/mol. The molecule has 2 rings (SSSR count). The van der Waals surface area contributed by atoms with Crippen LogP contribution in [0.5, 0.6) is 0 Å². The molecule has 0 unspecified atom stereocenters. The van der Waals surface area contributed by atoms with Gasteiger partial charge in [-0.2, -0.15) is 0 Å². The molecule has 0 bridgehead atoms. The van der Waals surface area contributed by atoms with Crippen molar-refractivity contribution in [3.63, 3.8) is 0 Å². The third-order valence-corrected chi connectivity index (χ3v) is 5.28. The van der Waals surface area contributed by atoms with Crippen molar-refractivity contribution in [1.29, 1.82) is 0 Å². The van der Waals surface area contributed by atoms with Crippen LogP contribution in [-0.2, 0) is 0 Å². The summed E-state index contributed by atoms with van der Waals surface area (Å²) in [7, 11) is 1.34. The standard InChI is InChI=1S/C10H19P.B/c1-2-6-9(5-1)11-10-7-3-4-8-10;/h9-11H,1-8H2;. The van der Waals surface area contributed by atoms with E-state index in [0.717, 1.165) is 11.3 Å². The van der Waals surface area contributed by atoms with E-state index in [1.54, 1.807) is 25.7 Å². The van der Waals surface area contributed by atoms with E-state index in [9.17, 15) is 0 Å². The lowest BCUT2D eigenvalue weighted by Crippen LogP contribution is -2.00. The minimum Gasteiger partial charge on any atom is -0.116 e. The molecule has 2 aliphatic rings. The first-order valence-corrected chi connectivity index (χ1v) is 6.37. The second-order valence-electron chi connectivity index (χ2n) is 4.13. The summed E-state index contributed by atoms with van der Waals surface area (Å²) in [5, 5.41) is 0. The quantitative estimate of drug-likeness (QED) is 0.453. The van der Waals surface area contributed by atoms with Gasteiger partial charge in [-0.05, 0) is 37.0 Å². The second kappa shape index (κ2) is 5.27. The Bertz CT molecular complexity index is 101. The van der Waals surface area contributed by atoms with Crippen molar-refractivity contribution in [2.24, 2.45) is 0 Å². The fourth-order valence-electron chi connectivity index (χ4n) is 2.52. The third kappa shape index (κ3) is 2.77. The molecule has 0 aromatic rings. The van der Waals surface area contributed by atoms with Gasteiger partial charge in [0.15, 0.2) is 0 Å². The Hall–Kier alpha value is 0.495. The summed E-state index contributed by atoms with van der Waals surface area (Å²) in [6.45, 7) is 0. The zero-order valence-electron chi connectivity index (χ0n) is 7.89. The van der Waals surface area contributed by atoms with Crippen LogP contribution in [0.15, 0.2) is 0 Å². The van der Waals surface area contributed by atoms with E-state index < -0.39 is 0 Å². The van der Waals surface area contributed by atoms with E-state index in [1.807, 2.05) is 0 Å². The van der Waals surface area contributed by atoms with Gasteiger partial charge in [0, 0.05) is 8.41 Å². The molecular weight excluding hydrogens is 162 g/mol. The molecule has 0 aromatic heterocycles. The highest BCUT2D eigenvalue weighted by Crippen LogP contribution is 2.43. The highest BCUT2D eigenvalue weighted by atomic mass is 31.1. The van der Waals surface area contributed by atoms with Gasteiger partial charge in [-0.25, -0.2) is 0 Å². The average Bonchev–Trinajstić information content (AvgIpc) is 2.60. The normalized spacial score (nSPS) is 26.0. The van der Waals surface area contributed by atoms with E-state index in [4.69, 9.17) is 0 Å². The number of hydrogen-bond donors (Lipinski definition) is 0. The van der Waals surface area contributed by atoms with Crippen molar-refractivity contribution in [2.75, 3.05) is 0 Å². The minimum absolute atomic E-state index is 0. The van der Waals surface area contributed by atoms with Crippen molar-refractivity contribution in [3.8, 4) is 0 Å². The third-order valence-electron chi connectivity index (χ3n) is 3.18. The van der Waals surface area contributed by atoms with Crippen molar-refractivity contribution in [2.45, 2.75) is 62.7 Å². The topological polar surface area (TPSA) is 0 Å². The predicted octanol–water partition coefficient (Wildman–Crippen LogP) is 3.17. The Kier molecular flexibility index (Phi) is 4.65. The van der Waals surface area contributed by atoms with Crippen LogP contribution in [0.4, 0.5) is 0 Å². The van der Waals surface area contributed by atoms with Gasteiger partial charge in [-0.3, -0.25) is 0 Å². The maximum absolute atomic E-state index is 1.56. The van der Waals surface area contributed by atoms with Gasteiger partial charge in [-0.1, -0.05) is 25.7 Å². The molecule has 0 saturated heterocycles. The lowest BCUT2D eigenvalue weighted by molar-refractivity contribution is 0.844. The van der Waals surface area contributed by atoms with Gasteiger partial charge in [0.25, 0.3) is 0 Å². The fraction of sp³-hybridized carbons (Fsp3) is 1.00. The molecular formula is C10H19BP. The fourth-order valence-corrected chi connectivity index (χ4v) is 4.67. The van der Waals surface area contributed by atoms with Crippen molar-refractivity contribution in [1.82, 2.24) is 0 Å². The number of rotatable bonds is 2. The molecule has 2 aliphatic carbocycles. The zero-order chi connectivity index (χ0) is 7.52. The summed E-state index contributed by atoms with van der Waals surface area (Å²) in [5.74, 6) is 0. The molecule has 0 N–H and O–H groups in total. The van der Waals surface area contributed by atoms with E-state index in [0.29, 0.717) is 0 Å². The molecule has 2 fully saturated rings. The van der Waals surface area contributed by atoms with E-state index in [2.05, 4.69) is 0 Å². The Morgan fingerprint density at radius 3 is 1.33 bits per heavy atom.